The van der Waals surface area contributed by atoms with Gasteiger partial charge in [-0.15, -0.1) is 0 Å². The van der Waals surface area contributed by atoms with E-state index in [0.717, 1.165) is 16.9 Å². The third-order valence-corrected chi connectivity index (χ3v) is 5.75. The number of ether oxygens (including phenoxy) is 1. The first-order valence-corrected chi connectivity index (χ1v) is 11.0. The third kappa shape index (κ3) is 5.84. The first kappa shape index (κ1) is 21.4. The average molecular weight is 425 g/mol. The van der Waals surface area contributed by atoms with Crippen LogP contribution in [0.4, 0.5) is 5.69 Å². The molecule has 0 aliphatic heterocycles. The standard InChI is InChI=1S/C23H24N2O4S/c1-17-9-11-22(12-10-17)30(27,28)25-20-7-4-6-19(16-20)23(26)24-13-14-29-21-8-3-5-18(2)15-21/h3-12,15-16,25H,13-14H2,1-2H3,(H,24,26). The van der Waals surface area contributed by atoms with Crippen molar-refractivity contribution in [3.05, 3.63) is 89.5 Å². The monoisotopic (exact) mass is 424 g/mol. The summed E-state index contributed by atoms with van der Waals surface area (Å²) in [7, 11) is -3.73. The summed E-state index contributed by atoms with van der Waals surface area (Å²) in [5.41, 5.74) is 2.74. The Kier molecular flexibility index (Phi) is 6.74. The fraction of sp³-hybridized carbons (Fsp3) is 0.174. The number of rotatable bonds is 8. The van der Waals surface area contributed by atoms with Gasteiger partial charge in [-0.05, 0) is 61.9 Å². The van der Waals surface area contributed by atoms with E-state index in [1.54, 1.807) is 42.5 Å². The van der Waals surface area contributed by atoms with Gasteiger partial charge in [0.25, 0.3) is 15.9 Å². The van der Waals surface area contributed by atoms with Crippen LogP contribution in [0.3, 0.4) is 0 Å². The van der Waals surface area contributed by atoms with Crippen molar-refractivity contribution in [1.29, 1.82) is 0 Å². The molecular formula is C23H24N2O4S. The van der Waals surface area contributed by atoms with Crippen molar-refractivity contribution < 1.29 is 17.9 Å². The molecule has 7 heteroatoms. The van der Waals surface area contributed by atoms with Crippen molar-refractivity contribution in [3.8, 4) is 5.75 Å². The molecule has 3 aromatic rings. The fourth-order valence-electron chi connectivity index (χ4n) is 2.80. The van der Waals surface area contributed by atoms with Crippen LogP contribution in [0.5, 0.6) is 5.75 Å². The van der Waals surface area contributed by atoms with E-state index in [2.05, 4.69) is 10.0 Å². The molecule has 3 aromatic carbocycles. The molecule has 2 N–H and O–H groups in total. The second-order valence-electron chi connectivity index (χ2n) is 6.92. The predicted octanol–water partition coefficient (Wildman–Crippen LogP) is 3.91. The summed E-state index contributed by atoms with van der Waals surface area (Å²) in [6.07, 6.45) is 0. The predicted molar refractivity (Wildman–Crippen MR) is 117 cm³/mol. The highest BCUT2D eigenvalue weighted by atomic mass is 32.2. The minimum absolute atomic E-state index is 0.163. The highest BCUT2D eigenvalue weighted by molar-refractivity contribution is 7.92. The Morgan fingerprint density at radius 1 is 0.900 bits per heavy atom. The molecule has 0 atom stereocenters. The molecule has 0 unspecified atom stereocenters. The van der Waals surface area contributed by atoms with E-state index in [9.17, 15) is 13.2 Å². The lowest BCUT2D eigenvalue weighted by Crippen LogP contribution is -2.28. The molecule has 0 fully saturated rings. The summed E-state index contributed by atoms with van der Waals surface area (Å²) in [6, 6.07) is 20.6. The van der Waals surface area contributed by atoms with Gasteiger partial charge in [-0.2, -0.15) is 0 Å². The zero-order valence-corrected chi connectivity index (χ0v) is 17.7. The summed E-state index contributed by atoms with van der Waals surface area (Å²) >= 11 is 0. The van der Waals surface area contributed by atoms with Crippen molar-refractivity contribution in [2.24, 2.45) is 0 Å². The van der Waals surface area contributed by atoms with Crippen LogP contribution in [0.2, 0.25) is 0 Å². The number of anilines is 1. The second kappa shape index (κ2) is 9.45. The summed E-state index contributed by atoms with van der Waals surface area (Å²) in [5, 5.41) is 2.77. The minimum Gasteiger partial charge on any atom is -0.492 e. The number of benzene rings is 3. The molecule has 0 bridgehead atoms. The third-order valence-electron chi connectivity index (χ3n) is 4.35. The molecule has 0 aromatic heterocycles. The van der Waals surface area contributed by atoms with Crippen LogP contribution >= 0.6 is 0 Å². The number of aryl methyl sites for hydroxylation is 2. The maximum Gasteiger partial charge on any atom is 0.261 e. The van der Waals surface area contributed by atoms with Gasteiger partial charge in [0, 0.05) is 11.3 Å². The lowest BCUT2D eigenvalue weighted by Gasteiger charge is -2.11. The molecule has 0 saturated heterocycles. The summed E-state index contributed by atoms with van der Waals surface area (Å²) in [4.78, 5) is 12.6. The van der Waals surface area contributed by atoms with E-state index in [4.69, 9.17) is 4.74 Å². The Hall–Kier alpha value is -3.32. The highest BCUT2D eigenvalue weighted by Crippen LogP contribution is 2.18. The molecule has 0 radical (unpaired) electrons. The van der Waals surface area contributed by atoms with Crippen molar-refractivity contribution >= 4 is 21.6 Å². The van der Waals surface area contributed by atoms with Crippen molar-refractivity contribution in [2.75, 3.05) is 17.9 Å². The van der Waals surface area contributed by atoms with Gasteiger partial charge in [-0.1, -0.05) is 35.9 Å². The van der Waals surface area contributed by atoms with E-state index in [-0.39, 0.29) is 10.8 Å². The Morgan fingerprint density at radius 3 is 2.37 bits per heavy atom. The first-order valence-electron chi connectivity index (χ1n) is 9.51. The molecule has 0 saturated carbocycles. The average Bonchev–Trinajstić information content (AvgIpc) is 2.71. The van der Waals surface area contributed by atoms with Crippen LogP contribution in [-0.4, -0.2) is 27.5 Å². The molecule has 0 aliphatic carbocycles. The zero-order chi connectivity index (χ0) is 21.6. The SMILES string of the molecule is Cc1ccc(S(=O)(=O)Nc2cccc(C(=O)NCCOc3cccc(C)c3)c2)cc1. The van der Waals surface area contributed by atoms with Gasteiger partial charge >= 0.3 is 0 Å². The Morgan fingerprint density at radius 2 is 1.63 bits per heavy atom. The van der Waals surface area contributed by atoms with Crippen molar-refractivity contribution in [3.63, 3.8) is 0 Å². The maximum atomic E-state index is 12.5. The quantitative estimate of drug-likeness (QED) is 0.537. The molecule has 3 rings (SSSR count). The molecule has 0 heterocycles. The summed E-state index contributed by atoms with van der Waals surface area (Å²) < 4.78 is 33.2. The van der Waals surface area contributed by atoms with Gasteiger partial charge in [-0.25, -0.2) is 8.42 Å². The van der Waals surface area contributed by atoms with E-state index >= 15 is 0 Å². The van der Waals surface area contributed by atoms with Gasteiger partial charge in [0.2, 0.25) is 0 Å². The van der Waals surface area contributed by atoms with Gasteiger partial charge in [0.05, 0.1) is 11.4 Å². The van der Waals surface area contributed by atoms with Gasteiger partial charge in [0.1, 0.15) is 12.4 Å². The lowest BCUT2D eigenvalue weighted by atomic mass is 10.2. The minimum atomic E-state index is -3.73. The largest absolute Gasteiger partial charge is 0.492 e. The molecule has 30 heavy (non-hydrogen) atoms. The van der Waals surface area contributed by atoms with Crippen molar-refractivity contribution in [2.45, 2.75) is 18.7 Å². The molecular weight excluding hydrogens is 400 g/mol. The molecule has 0 aliphatic rings. The van der Waals surface area contributed by atoms with Crippen LogP contribution < -0.4 is 14.8 Å². The molecule has 1 amide bonds. The van der Waals surface area contributed by atoms with E-state index in [0.29, 0.717) is 24.4 Å². The maximum absolute atomic E-state index is 12.5. The lowest BCUT2D eigenvalue weighted by molar-refractivity contribution is 0.0947. The molecule has 156 valence electrons. The molecule has 0 spiro atoms. The van der Waals surface area contributed by atoms with Crippen LogP contribution in [0, 0.1) is 13.8 Å². The number of carbonyl (C=O) groups is 1. The molecule has 6 nitrogen and oxygen atoms in total. The zero-order valence-electron chi connectivity index (χ0n) is 16.9. The van der Waals surface area contributed by atoms with Crippen LogP contribution in [0.15, 0.2) is 77.7 Å². The van der Waals surface area contributed by atoms with Crippen LogP contribution in [0.1, 0.15) is 21.5 Å². The van der Waals surface area contributed by atoms with E-state index in [1.807, 2.05) is 38.1 Å². The van der Waals surface area contributed by atoms with Gasteiger partial charge < -0.3 is 10.1 Å². The smallest absolute Gasteiger partial charge is 0.261 e. The van der Waals surface area contributed by atoms with Gasteiger partial charge in [-0.3, -0.25) is 9.52 Å². The van der Waals surface area contributed by atoms with Crippen LogP contribution in [0.25, 0.3) is 0 Å². The number of nitrogens with one attached hydrogen (secondary N) is 2. The van der Waals surface area contributed by atoms with Crippen LogP contribution in [-0.2, 0) is 10.0 Å². The Bertz CT molecular complexity index is 1130. The van der Waals surface area contributed by atoms with Crippen molar-refractivity contribution in [1.82, 2.24) is 5.32 Å². The van der Waals surface area contributed by atoms with E-state index < -0.39 is 10.0 Å². The summed E-state index contributed by atoms with van der Waals surface area (Å²) in [6.45, 7) is 4.52. The number of amides is 1. The fourth-order valence-corrected chi connectivity index (χ4v) is 3.85. The Labute approximate surface area is 177 Å². The summed E-state index contributed by atoms with van der Waals surface area (Å²) in [5.74, 6) is 0.441. The number of sulfonamides is 1. The first-order chi connectivity index (χ1) is 14.3. The normalized spacial score (nSPS) is 11.0. The number of carbonyl (C=O) groups excluding carboxylic acids is 1. The number of hydrogen-bond acceptors (Lipinski definition) is 4. The Balaban J connectivity index is 1.57. The van der Waals surface area contributed by atoms with E-state index in [1.165, 1.54) is 6.07 Å². The highest BCUT2D eigenvalue weighted by Gasteiger charge is 2.15. The topological polar surface area (TPSA) is 84.5 Å². The number of hydrogen-bond donors (Lipinski definition) is 2. The second-order valence-corrected chi connectivity index (χ2v) is 8.60. The van der Waals surface area contributed by atoms with Gasteiger partial charge in [0.15, 0.2) is 0 Å².